The number of aromatic nitrogens is 4. The van der Waals surface area contributed by atoms with Gasteiger partial charge in [-0.1, -0.05) is 72.8 Å². The van der Waals surface area contributed by atoms with Crippen LogP contribution in [-0.2, 0) is 25.7 Å². The Morgan fingerprint density at radius 3 is 1.04 bits per heavy atom. The molecule has 5 heterocycles. The van der Waals surface area contributed by atoms with Crippen LogP contribution in [0.3, 0.4) is 0 Å². The lowest BCUT2D eigenvalue weighted by molar-refractivity contribution is 0.977. The molecule has 6 heteroatoms. The molecule has 0 fully saturated rings. The van der Waals surface area contributed by atoms with Crippen molar-refractivity contribution in [3.05, 3.63) is 156 Å². The number of para-hydroxylation sites is 4. The summed E-state index contributed by atoms with van der Waals surface area (Å²) in [6, 6.07) is 39.2. The molecule has 2 aliphatic rings. The van der Waals surface area contributed by atoms with Gasteiger partial charge >= 0.3 is 0 Å². The lowest BCUT2D eigenvalue weighted by Crippen LogP contribution is -2.12. The normalized spacial score (nSPS) is 13.8. The third-order valence-corrected chi connectivity index (χ3v) is 9.95. The predicted octanol–water partition coefficient (Wildman–Crippen LogP) is 9.86. The van der Waals surface area contributed by atoms with Crippen LogP contribution >= 0.6 is 0 Å². The monoisotopic (exact) mass is 618 g/mol. The fraction of sp³-hybridized carbons (Fsp3) is 0.0952. The number of aryl methyl sites for hydroxylation is 4. The van der Waals surface area contributed by atoms with Gasteiger partial charge in [0.1, 0.15) is 0 Å². The molecule has 0 aliphatic carbocycles. The fourth-order valence-corrected chi connectivity index (χ4v) is 7.74. The lowest BCUT2D eigenvalue weighted by atomic mass is 10.0. The maximum atomic E-state index is 5.15. The standard InChI is InChI=1S/C42H30N6/c1-5-13-35-27(9-1)17-18-28-10-2-6-14-36(28)47(35)31-23-33-39-40(44-22-21-43-39)34-24-32(26-46-42(34)41(33)45-25-31)48-37-15-7-3-11-29(37)19-20-30-12-4-8-16-38(30)48/h1-16,21-26H,17-20H2. The Morgan fingerprint density at radius 2 is 0.688 bits per heavy atom. The molecule has 0 saturated heterocycles. The summed E-state index contributed by atoms with van der Waals surface area (Å²) in [7, 11) is 0. The van der Waals surface area contributed by atoms with Crippen LogP contribution in [-0.4, -0.2) is 19.9 Å². The van der Waals surface area contributed by atoms with Gasteiger partial charge in [0.2, 0.25) is 0 Å². The van der Waals surface area contributed by atoms with Crippen molar-refractivity contribution in [1.82, 2.24) is 19.9 Å². The molecule has 0 N–H and O–H groups in total. The first-order valence-corrected chi connectivity index (χ1v) is 16.6. The van der Waals surface area contributed by atoms with Gasteiger partial charge in [0, 0.05) is 45.9 Å². The van der Waals surface area contributed by atoms with Crippen LogP contribution in [0.5, 0.6) is 0 Å². The zero-order valence-corrected chi connectivity index (χ0v) is 26.2. The molecule has 3 aromatic heterocycles. The Bertz CT molecular complexity index is 2270. The molecular formula is C42H30N6. The number of fused-ring (bicyclic) bond motifs is 10. The molecule has 228 valence electrons. The number of rotatable bonds is 2. The summed E-state index contributed by atoms with van der Waals surface area (Å²) >= 11 is 0. The van der Waals surface area contributed by atoms with E-state index in [0.717, 1.165) is 69.9 Å². The molecule has 6 nitrogen and oxygen atoms in total. The summed E-state index contributed by atoms with van der Waals surface area (Å²) in [5, 5.41) is 1.88. The SMILES string of the molecule is c1ccc2c(c1)CCc1ccccc1N2c1cnc2c(c1)c1nccnc1c1cc(N3c4ccccc4CCc4ccccc43)cnc12. The van der Waals surface area contributed by atoms with Crippen molar-refractivity contribution < 1.29 is 0 Å². The Balaban J connectivity index is 1.21. The molecule has 2 aliphatic heterocycles. The van der Waals surface area contributed by atoms with Gasteiger partial charge in [-0.3, -0.25) is 19.9 Å². The van der Waals surface area contributed by atoms with E-state index in [1.807, 2.05) is 12.4 Å². The van der Waals surface area contributed by atoms with Crippen LogP contribution in [0.25, 0.3) is 32.8 Å². The minimum absolute atomic E-state index is 0.821. The summed E-state index contributed by atoms with van der Waals surface area (Å²) in [5.41, 5.74) is 15.3. The van der Waals surface area contributed by atoms with Crippen molar-refractivity contribution in [2.45, 2.75) is 25.7 Å². The molecule has 5 aromatic carbocycles. The number of hydrogen-bond acceptors (Lipinski definition) is 6. The first-order valence-electron chi connectivity index (χ1n) is 16.6. The quantitative estimate of drug-likeness (QED) is 0.180. The number of hydrogen-bond donors (Lipinski definition) is 0. The number of benzene rings is 5. The Kier molecular flexibility index (Phi) is 6.03. The van der Waals surface area contributed by atoms with E-state index in [4.69, 9.17) is 19.9 Å². The molecule has 10 rings (SSSR count). The summed E-state index contributed by atoms with van der Waals surface area (Å²) in [6.07, 6.45) is 11.5. The zero-order valence-electron chi connectivity index (χ0n) is 26.2. The van der Waals surface area contributed by atoms with Gasteiger partial charge in [0.15, 0.2) is 0 Å². The third kappa shape index (κ3) is 4.12. The Labute approximate surface area is 278 Å². The molecule has 0 atom stereocenters. The molecule has 0 unspecified atom stereocenters. The van der Waals surface area contributed by atoms with Gasteiger partial charge in [0.25, 0.3) is 0 Å². The van der Waals surface area contributed by atoms with Crippen molar-refractivity contribution in [3.63, 3.8) is 0 Å². The molecule has 0 radical (unpaired) electrons. The second-order valence-corrected chi connectivity index (χ2v) is 12.6. The second kappa shape index (κ2) is 10.7. The van der Waals surface area contributed by atoms with E-state index in [1.165, 1.54) is 45.0 Å². The van der Waals surface area contributed by atoms with Gasteiger partial charge in [-0.15, -0.1) is 0 Å². The minimum Gasteiger partial charge on any atom is -0.308 e. The van der Waals surface area contributed by atoms with Gasteiger partial charge in [-0.05, 0) is 84.3 Å². The molecule has 0 spiro atoms. The highest BCUT2D eigenvalue weighted by atomic mass is 15.2. The fourth-order valence-electron chi connectivity index (χ4n) is 7.74. The van der Waals surface area contributed by atoms with Crippen LogP contribution in [0.4, 0.5) is 34.1 Å². The minimum atomic E-state index is 0.821. The average Bonchev–Trinajstić information content (AvgIpc) is 3.43. The largest absolute Gasteiger partial charge is 0.308 e. The van der Waals surface area contributed by atoms with Crippen LogP contribution in [0, 0.1) is 0 Å². The topological polar surface area (TPSA) is 58.0 Å². The lowest BCUT2D eigenvalue weighted by Gasteiger charge is -2.28. The van der Waals surface area contributed by atoms with Crippen LogP contribution < -0.4 is 9.80 Å². The second-order valence-electron chi connectivity index (χ2n) is 12.6. The molecule has 0 saturated carbocycles. The van der Waals surface area contributed by atoms with Gasteiger partial charge in [0.05, 0.1) is 45.8 Å². The highest BCUT2D eigenvalue weighted by Gasteiger charge is 2.25. The third-order valence-electron chi connectivity index (χ3n) is 9.95. The maximum absolute atomic E-state index is 5.15. The first-order chi connectivity index (χ1) is 23.8. The van der Waals surface area contributed by atoms with Crippen LogP contribution in [0.15, 0.2) is 134 Å². The number of anilines is 6. The number of pyridine rings is 2. The molecule has 0 amide bonds. The Hall–Kier alpha value is -6.14. The van der Waals surface area contributed by atoms with Crippen molar-refractivity contribution in [2.24, 2.45) is 0 Å². The van der Waals surface area contributed by atoms with E-state index in [1.54, 1.807) is 12.4 Å². The summed E-state index contributed by atoms with van der Waals surface area (Å²) in [6.45, 7) is 0. The van der Waals surface area contributed by atoms with E-state index < -0.39 is 0 Å². The predicted molar refractivity (Wildman–Crippen MR) is 194 cm³/mol. The van der Waals surface area contributed by atoms with Crippen molar-refractivity contribution in [1.29, 1.82) is 0 Å². The summed E-state index contributed by atoms with van der Waals surface area (Å²) in [4.78, 5) is 24.8. The molecule has 8 aromatic rings. The van der Waals surface area contributed by atoms with E-state index >= 15 is 0 Å². The summed E-state index contributed by atoms with van der Waals surface area (Å²) in [5.74, 6) is 0. The molecular weight excluding hydrogens is 589 g/mol. The number of nitrogens with zero attached hydrogens (tertiary/aromatic N) is 6. The van der Waals surface area contributed by atoms with Crippen LogP contribution in [0.1, 0.15) is 22.3 Å². The van der Waals surface area contributed by atoms with Crippen molar-refractivity contribution >= 4 is 67.0 Å². The first kappa shape index (κ1) is 27.0. The van der Waals surface area contributed by atoms with Gasteiger partial charge < -0.3 is 9.80 Å². The zero-order chi connectivity index (χ0) is 31.6. The highest BCUT2D eigenvalue weighted by molar-refractivity contribution is 6.21. The average molecular weight is 619 g/mol. The summed E-state index contributed by atoms with van der Waals surface area (Å²) < 4.78 is 0. The Morgan fingerprint density at radius 1 is 0.375 bits per heavy atom. The van der Waals surface area contributed by atoms with Crippen LogP contribution in [0.2, 0.25) is 0 Å². The smallest absolute Gasteiger partial charge is 0.0989 e. The molecule has 48 heavy (non-hydrogen) atoms. The van der Waals surface area contributed by atoms with E-state index in [2.05, 4.69) is 119 Å². The highest BCUT2D eigenvalue weighted by Crippen LogP contribution is 2.45. The van der Waals surface area contributed by atoms with Crippen molar-refractivity contribution in [2.75, 3.05) is 9.80 Å². The van der Waals surface area contributed by atoms with E-state index in [-0.39, 0.29) is 0 Å². The van der Waals surface area contributed by atoms with E-state index in [0.29, 0.717) is 0 Å². The van der Waals surface area contributed by atoms with Gasteiger partial charge in [-0.2, -0.15) is 0 Å². The molecule has 0 bridgehead atoms. The van der Waals surface area contributed by atoms with Gasteiger partial charge in [-0.25, -0.2) is 0 Å². The van der Waals surface area contributed by atoms with Crippen molar-refractivity contribution in [3.8, 4) is 0 Å². The maximum Gasteiger partial charge on any atom is 0.0989 e. The van der Waals surface area contributed by atoms with E-state index in [9.17, 15) is 0 Å².